The number of rotatable bonds is 5. The minimum absolute atomic E-state index is 0.0887. The van der Waals surface area contributed by atoms with Gasteiger partial charge >= 0.3 is 0 Å². The summed E-state index contributed by atoms with van der Waals surface area (Å²) in [6.07, 6.45) is 1.64. The molecule has 6 nitrogen and oxygen atoms in total. The number of unbranched alkanes of at least 4 members (excludes halogenated alkanes) is 1. The van der Waals surface area contributed by atoms with Crippen molar-refractivity contribution >= 4 is 5.91 Å². The molecule has 0 spiro atoms. The summed E-state index contributed by atoms with van der Waals surface area (Å²) in [7, 11) is 0. The molecular weight excluding hydrogens is 256 g/mol. The lowest BCUT2D eigenvalue weighted by Gasteiger charge is -2.18. The van der Waals surface area contributed by atoms with Crippen LogP contribution in [0.2, 0.25) is 0 Å². The molecule has 6 heteroatoms. The predicted molar refractivity (Wildman–Crippen MR) is 78.9 cm³/mol. The summed E-state index contributed by atoms with van der Waals surface area (Å²) in [5.74, 6) is 0.202. The van der Waals surface area contributed by atoms with Gasteiger partial charge in [-0.1, -0.05) is 20.8 Å². The van der Waals surface area contributed by atoms with Crippen LogP contribution in [0.25, 0.3) is 0 Å². The molecule has 0 aliphatic carbocycles. The van der Waals surface area contributed by atoms with E-state index < -0.39 is 5.56 Å². The molecule has 0 unspecified atom stereocenters. The number of H-pyrrole nitrogens is 1. The lowest BCUT2D eigenvalue weighted by molar-refractivity contribution is 0.0950. The van der Waals surface area contributed by atoms with Gasteiger partial charge < -0.3 is 16.0 Å². The Morgan fingerprint density at radius 2 is 2.00 bits per heavy atom. The molecule has 0 aliphatic heterocycles. The minimum Gasteiger partial charge on any atom is -0.352 e. The Balaban J connectivity index is 2.91. The third-order valence-electron chi connectivity index (χ3n) is 2.95. The number of carbonyl (C=O) groups is 1. The molecule has 0 aromatic carbocycles. The summed E-state index contributed by atoms with van der Waals surface area (Å²) in [5.41, 5.74) is 5.27. The molecule has 0 radical (unpaired) electrons. The molecule has 0 saturated carbocycles. The molecule has 0 aliphatic rings. The Hall–Kier alpha value is -1.69. The maximum Gasteiger partial charge on any atom is 0.264 e. The van der Waals surface area contributed by atoms with E-state index in [4.69, 9.17) is 5.73 Å². The maximum atomic E-state index is 12.1. The van der Waals surface area contributed by atoms with Crippen LogP contribution in [0.3, 0.4) is 0 Å². The fourth-order valence-corrected chi connectivity index (χ4v) is 1.77. The summed E-state index contributed by atoms with van der Waals surface area (Å²) in [4.78, 5) is 31.1. The summed E-state index contributed by atoms with van der Waals surface area (Å²) in [6.45, 7) is 8.65. The van der Waals surface area contributed by atoms with Gasteiger partial charge in [0, 0.05) is 12.0 Å². The average molecular weight is 280 g/mol. The largest absolute Gasteiger partial charge is 0.352 e. The van der Waals surface area contributed by atoms with Crippen molar-refractivity contribution in [3.05, 3.63) is 27.4 Å². The Morgan fingerprint density at radius 1 is 1.35 bits per heavy atom. The van der Waals surface area contributed by atoms with Crippen molar-refractivity contribution < 1.29 is 4.79 Å². The molecule has 1 aromatic rings. The molecule has 1 rings (SSSR count). The first-order valence-corrected chi connectivity index (χ1v) is 6.87. The van der Waals surface area contributed by atoms with E-state index in [1.807, 2.05) is 20.8 Å². The number of aromatic amines is 1. The number of carbonyl (C=O) groups excluding carboxylic acids is 1. The standard InChI is InChI=1S/C14H24N4O2/c1-9-10(11(19)16-8-6-5-7-15)12(20)18-13(17-9)14(2,3)4/h5-8,15H2,1-4H3,(H,16,19)(H,17,18,20). The van der Waals surface area contributed by atoms with E-state index >= 15 is 0 Å². The van der Waals surface area contributed by atoms with Crippen LogP contribution in [-0.4, -0.2) is 29.0 Å². The third-order valence-corrected chi connectivity index (χ3v) is 2.95. The average Bonchev–Trinajstić information content (AvgIpc) is 2.32. The maximum absolute atomic E-state index is 12.1. The monoisotopic (exact) mass is 280 g/mol. The van der Waals surface area contributed by atoms with Crippen LogP contribution in [0.4, 0.5) is 0 Å². The van der Waals surface area contributed by atoms with E-state index in [0.29, 0.717) is 24.6 Å². The lowest BCUT2D eigenvalue weighted by Crippen LogP contribution is -2.34. The smallest absolute Gasteiger partial charge is 0.264 e. The molecule has 112 valence electrons. The first-order valence-electron chi connectivity index (χ1n) is 6.87. The van der Waals surface area contributed by atoms with Gasteiger partial charge in [-0.25, -0.2) is 4.98 Å². The summed E-state index contributed by atoms with van der Waals surface area (Å²) in [5, 5.41) is 2.72. The van der Waals surface area contributed by atoms with Gasteiger partial charge in [-0.3, -0.25) is 9.59 Å². The van der Waals surface area contributed by atoms with Gasteiger partial charge in [0.05, 0.1) is 5.69 Å². The second-order valence-electron chi connectivity index (χ2n) is 5.88. The highest BCUT2D eigenvalue weighted by molar-refractivity contribution is 5.94. The molecule has 0 saturated heterocycles. The van der Waals surface area contributed by atoms with Crippen LogP contribution in [0.5, 0.6) is 0 Å². The van der Waals surface area contributed by atoms with E-state index in [-0.39, 0.29) is 16.9 Å². The van der Waals surface area contributed by atoms with E-state index in [1.165, 1.54) is 0 Å². The van der Waals surface area contributed by atoms with Gasteiger partial charge in [0.1, 0.15) is 11.4 Å². The summed E-state index contributed by atoms with van der Waals surface area (Å²) in [6, 6.07) is 0. The second-order valence-corrected chi connectivity index (χ2v) is 5.88. The zero-order chi connectivity index (χ0) is 15.3. The number of hydrogen-bond acceptors (Lipinski definition) is 4. The van der Waals surface area contributed by atoms with Gasteiger partial charge in [-0.15, -0.1) is 0 Å². The second kappa shape index (κ2) is 6.65. The molecule has 1 aromatic heterocycles. The molecule has 0 atom stereocenters. The molecular formula is C14H24N4O2. The first-order chi connectivity index (χ1) is 9.27. The van der Waals surface area contributed by atoms with Crippen molar-refractivity contribution in [1.29, 1.82) is 0 Å². The third kappa shape index (κ3) is 4.16. The quantitative estimate of drug-likeness (QED) is 0.696. The highest BCUT2D eigenvalue weighted by atomic mass is 16.2. The van der Waals surface area contributed by atoms with Crippen LogP contribution < -0.4 is 16.6 Å². The van der Waals surface area contributed by atoms with Crippen LogP contribution in [0, 0.1) is 6.92 Å². The number of aromatic nitrogens is 2. The minimum atomic E-state index is -0.390. The van der Waals surface area contributed by atoms with Crippen LogP contribution >= 0.6 is 0 Å². The van der Waals surface area contributed by atoms with Crippen molar-refractivity contribution in [2.45, 2.75) is 46.0 Å². The van der Waals surface area contributed by atoms with Crippen molar-refractivity contribution in [2.24, 2.45) is 5.73 Å². The van der Waals surface area contributed by atoms with E-state index in [0.717, 1.165) is 12.8 Å². The molecule has 1 heterocycles. The Labute approximate surface area is 119 Å². The van der Waals surface area contributed by atoms with Gasteiger partial charge in [-0.2, -0.15) is 0 Å². The van der Waals surface area contributed by atoms with Gasteiger partial charge in [0.15, 0.2) is 0 Å². The first kappa shape index (κ1) is 16.4. The topological polar surface area (TPSA) is 101 Å². The zero-order valence-corrected chi connectivity index (χ0v) is 12.7. The van der Waals surface area contributed by atoms with Crippen molar-refractivity contribution in [3.8, 4) is 0 Å². The van der Waals surface area contributed by atoms with E-state index in [2.05, 4.69) is 15.3 Å². The Morgan fingerprint density at radius 3 is 2.50 bits per heavy atom. The van der Waals surface area contributed by atoms with Gasteiger partial charge in [0.2, 0.25) is 0 Å². The highest BCUT2D eigenvalue weighted by Crippen LogP contribution is 2.17. The lowest BCUT2D eigenvalue weighted by atomic mass is 9.95. The van der Waals surface area contributed by atoms with Crippen molar-refractivity contribution in [1.82, 2.24) is 15.3 Å². The van der Waals surface area contributed by atoms with Gasteiger partial charge in [-0.05, 0) is 26.3 Å². The number of aryl methyl sites for hydroxylation is 1. The highest BCUT2D eigenvalue weighted by Gasteiger charge is 2.21. The van der Waals surface area contributed by atoms with Crippen LogP contribution in [-0.2, 0) is 5.41 Å². The van der Waals surface area contributed by atoms with E-state index in [9.17, 15) is 9.59 Å². The van der Waals surface area contributed by atoms with E-state index in [1.54, 1.807) is 6.92 Å². The summed E-state index contributed by atoms with van der Waals surface area (Å²) < 4.78 is 0. The van der Waals surface area contributed by atoms with Gasteiger partial charge in [0.25, 0.3) is 11.5 Å². The normalized spacial score (nSPS) is 11.4. The number of hydrogen-bond donors (Lipinski definition) is 3. The van der Waals surface area contributed by atoms with Crippen molar-refractivity contribution in [3.63, 3.8) is 0 Å². The molecule has 1 amide bonds. The van der Waals surface area contributed by atoms with Crippen LogP contribution in [0.1, 0.15) is 55.5 Å². The van der Waals surface area contributed by atoms with Crippen LogP contribution in [0.15, 0.2) is 4.79 Å². The number of nitrogens with two attached hydrogens (primary N) is 1. The number of amides is 1. The SMILES string of the molecule is Cc1nc(C(C)(C)C)[nH]c(=O)c1C(=O)NCCCCN. The molecule has 20 heavy (non-hydrogen) atoms. The predicted octanol–water partition coefficient (Wildman–Crippen LogP) is 0.845. The van der Waals surface area contributed by atoms with Crippen molar-refractivity contribution in [2.75, 3.05) is 13.1 Å². The fraction of sp³-hybridized carbons (Fsp3) is 0.643. The number of nitrogens with zero attached hydrogens (tertiary/aromatic N) is 1. The Kier molecular flexibility index (Phi) is 5.44. The number of nitrogens with one attached hydrogen (secondary N) is 2. The molecule has 0 fully saturated rings. The Bertz CT molecular complexity index is 529. The zero-order valence-electron chi connectivity index (χ0n) is 12.7. The molecule has 0 bridgehead atoms. The molecule has 4 N–H and O–H groups in total. The fourth-order valence-electron chi connectivity index (χ4n) is 1.77. The summed E-state index contributed by atoms with van der Waals surface area (Å²) >= 11 is 0.